The van der Waals surface area contributed by atoms with E-state index in [2.05, 4.69) is 0 Å². The molecule has 1 aliphatic rings. The van der Waals surface area contributed by atoms with E-state index >= 15 is 0 Å². The number of benzene rings is 2. The van der Waals surface area contributed by atoms with Crippen LogP contribution in [0.2, 0.25) is 0 Å². The smallest absolute Gasteiger partial charge is 0.299 e. The van der Waals surface area contributed by atoms with Gasteiger partial charge in [0.1, 0.15) is 11.6 Å². The number of aromatic hydroxyl groups is 1. The van der Waals surface area contributed by atoms with Crippen LogP contribution in [-0.2, 0) is 11.3 Å². The van der Waals surface area contributed by atoms with E-state index in [0.717, 1.165) is 11.0 Å². The van der Waals surface area contributed by atoms with Crippen molar-refractivity contribution in [2.24, 2.45) is 0 Å². The Morgan fingerprint density at radius 3 is 2.57 bits per heavy atom. The number of hydrogen-bond acceptors (Lipinski definition) is 3. The lowest BCUT2D eigenvalue weighted by Gasteiger charge is -2.17. The Morgan fingerprint density at radius 2 is 1.86 bits per heavy atom. The van der Waals surface area contributed by atoms with Crippen molar-refractivity contribution in [3.05, 3.63) is 59.2 Å². The van der Waals surface area contributed by atoms with Gasteiger partial charge in [-0.3, -0.25) is 14.5 Å². The van der Waals surface area contributed by atoms with Gasteiger partial charge >= 0.3 is 0 Å². The lowest BCUT2D eigenvalue weighted by Crippen LogP contribution is -2.29. The number of phenols is 1. The topological polar surface area (TPSA) is 57.6 Å². The summed E-state index contributed by atoms with van der Waals surface area (Å²) < 4.78 is 27.1. The molecule has 0 saturated heterocycles. The highest BCUT2D eigenvalue weighted by Crippen LogP contribution is 2.34. The van der Waals surface area contributed by atoms with Gasteiger partial charge < -0.3 is 5.11 Å². The van der Waals surface area contributed by atoms with Crippen LogP contribution in [0.25, 0.3) is 0 Å². The van der Waals surface area contributed by atoms with E-state index in [1.165, 1.54) is 12.1 Å². The molecule has 1 amide bonds. The van der Waals surface area contributed by atoms with Crippen LogP contribution in [0.15, 0.2) is 36.4 Å². The van der Waals surface area contributed by atoms with E-state index in [4.69, 9.17) is 0 Å². The lowest BCUT2D eigenvalue weighted by atomic mass is 10.1. The molecule has 0 radical (unpaired) electrons. The van der Waals surface area contributed by atoms with E-state index < -0.39 is 23.3 Å². The molecule has 0 bridgehead atoms. The summed E-state index contributed by atoms with van der Waals surface area (Å²) in [5.41, 5.74) is 0.0140. The Bertz CT molecular complexity index is 774. The molecule has 0 aromatic heterocycles. The zero-order chi connectivity index (χ0) is 15.1. The minimum absolute atomic E-state index is 0.00901. The second kappa shape index (κ2) is 4.66. The number of fused-ring (bicyclic) bond motifs is 1. The number of anilines is 1. The van der Waals surface area contributed by atoms with Gasteiger partial charge in [-0.1, -0.05) is 12.1 Å². The number of carbonyl (C=O) groups excluding carboxylic acids is 2. The molecule has 3 rings (SSSR count). The molecule has 106 valence electrons. The Labute approximate surface area is 118 Å². The van der Waals surface area contributed by atoms with Crippen LogP contribution in [0, 0.1) is 11.6 Å². The van der Waals surface area contributed by atoms with E-state index in [1.54, 1.807) is 12.1 Å². The summed E-state index contributed by atoms with van der Waals surface area (Å²) in [6.45, 7) is -0.0888. The summed E-state index contributed by atoms with van der Waals surface area (Å²) >= 11 is 0. The maximum Gasteiger partial charge on any atom is 0.299 e. The molecular weight excluding hydrogens is 280 g/mol. The number of phenolic OH excluding ortho intramolecular Hbond substituents is 1. The van der Waals surface area contributed by atoms with Crippen molar-refractivity contribution in [1.29, 1.82) is 0 Å². The highest BCUT2D eigenvalue weighted by Gasteiger charge is 2.38. The molecule has 0 aliphatic carbocycles. The van der Waals surface area contributed by atoms with E-state index in [9.17, 15) is 23.5 Å². The molecular formula is C15H9F2NO3. The number of ketones is 1. The van der Waals surface area contributed by atoms with Crippen LogP contribution in [0.4, 0.5) is 14.5 Å². The number of carbonyl (C=O) groups is 2. The summed E-state index contributed by atoms with van der Waals surface area (Å²) in [6, 6.07) is 7.51. The van der Waals surface area contributed by atoms with Crippen LogP contribution in [-0.4, -0.2) is 16.8 Å². The van der Waals surface area contributed by atoms with Crippen molar-refractivity contribution in [2.75, 3.05) is 4.90 Å². The van der Waals surface area contributed by atoms with E-state index in [-0.39, 0.29) is 23.5 Å². The van der Waals surface area contributed by atoms with Gasteiger partial charge in [0.25, 0.3) is 11.7 Å². The molecule has 0 spiro atoms. The molecule has 0 saturated carbocycles. The fourth-order valence-electron chi connectivity index (χ4n) is 2.34. The molecule has 0 atom stereocenters. The Balaban J connectivity index is 2.05. The second-order valence-corrected chi connectivity index (χ2v) is 4.67. The predicted octanol–water partition coefficient (Wildman–Crippen LogP) is 2.40. The Morgan fingerprint density at radius 1 is 1.10 bits per heavy atom. The molecule has 1 heterocycles. The Kier molecular flexibility index (Phi) is 2.94. The average Bonchev–Trinajstić information content (AvgIpc) is 2.64. The van der Waals surface area contributed by atoms with E-state index in [1.807, 2.05) is 0 Å². The first-order valence-corrected chi connectivity index (χ1v) is 6.10. The first kappa shape index (κ1) is 13.2. The fraction of sp³-hybridized carbons (Fsp3) is 0.0667. The van der Waals surface area contributed by atoms with Gasteiger partial charge in [-0.25, -0.2) is 8.78 Å². The molecule has 0 unspecified atom stereocenters. The summed E-state index contributed by atoms with van der Waals surface area (Å²) in [6.07, 6.45) is 0. The highest BCUT2D eigenvalue weighted by molar-refractivity contribution is 6.52. The van der Waals surface area contributed by atoms with Crippen LogP contribution in [0.1, 0.15) is 15.9 Å². The van der Waals surface area contributed by atoms with Gasteiger partial charge in [0.15, 0.2) is 5.82 Å². The maximum absolute atomic E-state index is 13.9. The van der Waals surface area contributed by atoms with Gasteiger partial charge in [0, 0.05) is 6.07 Å². The average molecular weight is 289 g/mol. The molecule has 4 nitrogen and oxygen atoms in total. The number of rotatable bonds is 2. The number of hydrogen-bond donors (Lipinski definition) is 1. The third-order valence-corrected chi connectivity index (χ3v) is 3.23. The predicted molar refractivity (Wildman–Crippen MR) is 70.0 cm³/mol. The zero-order valence-corrected chi connectivity index (χ0v) is 10.6. The minimum atomic E-state index is -0.968. The normalized spacial score (nSPS) is 13.7. The first-order chi connectivity index (χ1) is 9.97. The number of Topliss-reactive ketones (excluding diaryl/α,β-unsaturated/α-hetero) is 1. The first-order valence-electron chi connectivity index (χ1n) is 6.10. The van der Waals surface area contributed by atoms with Crippen LogP contribution >= 0.6 is 0 Å². The molecule has 1 N–H and O–H groups in total. The van der Waals surface area contributed by atoms with Crippen molar-refractivity contribution >= 4 is 17.4 Å². The molecule has 1 aliphatic heterocycles. The van der Waals surface area contributed by atoms with Crippen molar-refractivity contribution in [3.8, 4) is 5.75 Å². The zero-order valence-electron chi connectivity index (χ0n) is 10.6. The minimum Gasteiger partial charge on any atom is -0.508 e. The van der Waals surface area contributed by atoms with Gasteiger partial charge in [-0.2, -0.15) is 0 Å². The number of halogens is 2. The van der Waals surface area contributed by atoms with Gasteiger partial charge in [-0.15, -0.1) is 0 Å². The molecule has 2 aromatic rings. The van der Waals surface area contributed by atoms with Crippen molar-refractivity contribution < 1.29 is 23.5 Å². The number of nitrogens with zero attached hydrogens (tertiary/aromatic N) is 1. The van der Waals surface area contributed by atoms with Gasteiger partial charge in [0.05, 0.1) is 17.8 Å². The third-order valence-electron chi connectivity index (χ3n) is 3.23. The molecule has 0 fully saturated rings. The van der Waals surface area contributed by atoms with Crippen molar-refractivity contribution in [1.82, 2.24) is 0 Å². The van der Waals surface area contributed by atoms with Crippen molar-refractivity contribution in [3.63, 3.8) is 0 Å². The Hall–Kier alpha value is -2.76. The van der Waals surface area contributed by atoms with Crippen LogP contribution < -0.4 is 4.90 Å². The highest BCUT2D eigenvalue weighted by atomic mass is 19.1. The standard InChI is InChI=1S/C15H9F2NO3/c16-9-5-11-13(12(17)6-9)18(15(21)14(11)20)7-8-2-1-3-10(19)4-8/h1-6,19H,7H2. The molecule has 6 heteroatoms. The quantitative estimate of drug-likeness (QED) is 0.864. The van der Waals surface area contributed by atoms with E-state index in [0.29, 0.717) is 11.6 Å². The lowest BCUT2D eigenvalue weighted by molar-refractivity contribution is -0.114. The summed E-state index contributed by atoms with van der Waals surface area (Å²) in [5.74, 6) is -3.75. The monoisotopic (exact) mass is 289 g/mol. The molecule has 2 aromatic carbocycles. The summed E-state index contributed by atoms with van der Waals surface area (Å²) in [7, 11) is 0. The maximum atomic E-state index is 13.9. The van der Waals surface area contributed by atoms with Gasteiger partial charge in [0.2, 0.25) is 0 Å². The fourth-order valence-corrected chi connectivity index (χ4v) is 2.34. The van der Waals surface area contributed by atoms with Crippen LogP contribution in [0.3, 0.4) is 0 Å². The van der Waals surface area contributed by atoms with Crippen LogP contribution in [0.5, 0.6) is 5.75 Å². The van der Waals surface area contributed by atoms with Gasteiger partial charge in [-0.05, 0) is 23.8 Å². The number of amides is 1. The SMILES string of the molecule is O=C1C(=O)N(Cc2cccc(O)c2)c2c(F)cc(F)cc21. The third kappa shape index (κ3) is 2.14. The summed E-state index contributed by atoms with van der Waals surface area (Å²) in [4.78, 5) is 24.7. The summed E-state index contributed by atoms with van der Waals surface area (Å²) in [5, 5.41) is 9.40. The van der Waals surface area contributed by atoms with Crippen molar-refractivity contribution in [2.45, 2.75) is 6.54 Å². The molecule has 21 heavy (non-hydrogen) atoms. The largest absolute Gasteiger partial charge is 0.508 e. The second-order valence-electron chi connectivity index (χ2n) is 4.67.